The van der Waals surface area contributed by atoms with Crippen LogP contribution in [0.2, 0.25) is 0 Å². The Balaban J connectivity index is 2.10. The normalized spacial score (nSPS) is 24.4. The summed E-state index contributed by atoms with van der Waals surface area (Å²) in [5.74, 6) is 0. The number of nitrogens with zero attached hydrogens (tertiary/aromatic N) is 1. The first kappa shape index (κ1) is 12.0. The first-order valence-corrected chi connectivity index (χ1v) is 5.76. The van der Waals surface area contributed by atoms with Gasteiger partial charge in [-0.05, 0) is 33.4 Å². The van der Waals surface area contributed by atoms with Crippen LogP contribution in [0.25, 0.3) is 0 Å². The van der Waals surface area contributed by atoms with Gasteiger partial charge in [-0.2, -0.15) is 0 Å². The number of nitrogens with one attached hydrogen (secondary N) is 1. The van der Waals surface area contributed by atoms with Gasteiger partial charge in [-0.1, -0.05) is 6.92 Å². The van der Waals surface area contributed by atoms with Gasteiger partial charge in [0.1, 0.15) is 0 Å². The van der Waals surface area contributed by atoms with E-state index in [0.717, 1.165) is 26.2 Å². The van der Waals surface area contributed by atoms with Gasteiger partial charge >= 0.3 is 0 Å². The van der Waals surface area contributed by atoms with E-state index in [4.69, 9.17) is 4.74 Å². The number of ether oxygens (including phenoxy) is 1. The summed E-state index contributed by atoms with van der Waals surface area (Å²) in [6.45, 7) is 8.58. The van der Waals surface area contributed by atoms with Crippen molar-refractivity contribution in [2.24, 2.45) is 0 Å². The van der Waals surface area contributed by atoms with Crippen LogP contribution in [-0.4, -0.2) is 50.3 Å². The molecule has 0 bridgehead atoms. The van der Waals surface area contributed by atoms with Crippen molar-refractivity contribution in [2.75, 3.05) is 33.3 Å². The van der Waals surface area contributed by atoms with E-state index in [0.29, 0.717) is 12.1 Å². The lowest BCUT2D eigenvalue weighted by Crippen LogP contribution is -2.40. The number of rotatable bonds is 6. The van der Waals surface area contributed by atoms with Gasteiger partial charge < -0.3 is 15.0 Å². The van der Waals surface area contributed by atoms with Crippen molar-refractivity contribution in [2.45, 2.75) is 38.8 Å². The first-order chi connectivity index (χ1) is 6.72. The zero-order valence-corrected chi connectivity index (χ0v) is 9.75. The molecule has 1 aliphatic rings. The summed E-state index contributed by atoms with van der Waals surface area (Å²) in [5.41, 5.74) is 0. The number of hydrogen-bond acceptors (Lipinski definition) is 3. The maximum Gasteiger partial charge on any atom is 0.0702 e. The molecule has 2 unspecified atom stereocenters. The van der Waals surface area contributed by atoms with E-state index >= 15 is 0 Å². The minimum atomic E-state index is 0.480. The monoisotopic (exact) mass is 200 g/mol. The standard InChI is InChI=1S/C11H24N2O/c1-4-12-10(2)8-13(3)9-11-6-5-7-14-11/h10-12H,4-9H2,1-3H3. The highest BCUT2D eigenvalue weighted by Gasteiger charge is 2.17. The Bertz CT molecular complexity index is 146. The van der Waals surface area contributed by atoms with Crippen molar-refractivity contribution in [1.29, 1.82) is 0 Å². The van der Waals surface area contributed by atoms with E-state index in [1.165, 1.54) is 12.8 Å². The molecular formula is C11H24N2O. The minimum absolute atomic E-state index is 0.480. The molecule has 0 spiro atoms. The lowest BCUT2D eigenvalue weighted by molar-refractivity contribution is 0.0791. The Morgan fingerprint density at radius 2 is 2.36 bits per heavy atom. The average molecular weight is 200 g/mol. The smallest absolute Gasteiger partial charge is 0.0702 e. The lowest BCUT2D eigenvalue weighted by atomic mass is 10.2. The van der Waals surface area contributed by atoms with Gasteiger partial charge in [-0.15, -0.1) is 0 Å². The fourth-order valence-electron chi connectivity index (χ4n) is 2.09. The maximum absolute atomic E-state index is 5.60. The summed E-state index contributed by atoms with van der Waals surface area (Å²) in [7, 11) is 2.18. The van der Waals surface area contributed by atoms with E-state index in [1.807, 2.05) is 0 Å². The van der Waals surface area contributed by atoms with Crippen LogP contribution in [0, 0.1) is 0 Å². The summed E-state index contributed by atoms with van der Waals surface area (Å²) in [6, 6.07) is 0.575. The molecular weight excluding hydrogens is 176 g/mol. The molecule has 1 aliphatic heterocycles. The maximum atomic E-state index is 5.60. The number of likely N-dealkylation sites (N-methyl/N-ethyl adjacent to an activating group) is 2. The van der Waals surface area contributed by atoms with Crippen LogP contribution < -0.4 is 5.32 Å². The van der Waals surface area contributed by atoms with Gasteiger partial charge in [0.25, 0.3) is 0 Å². The Morgan fingerprint density at radius 3 is 2.93 bits per heavy atom. The second-order valence-electron chi connectivity index (χ2n) is 4.31. The predicted molar refractivity (Wildman–Crippen MR) is 59.6 cm³/mol. The fourth-order valence-corrected chi connectivity index (χ4v) is 2.09. The fraction of sp³-hybridized carbons (Fsp3) is 1.00. The lowest BCUT2D eigenvalue weighted by Gasteiger charge is -2.24. The van der Waals surface area contributed by atoms with Crippen molar-refractivity contribution in [3.8, 4) is 0 Å². The molecule has 1 fully saturated rings. The molecule has 3 heteroatoms. The Hall–Kier alpha value is -0.120. The number of hydrogen-bond donors (Lipinski definition) is 1. The van der Waals surface area contributed by atoms with E-state index in [1.54, 1.807) is 0 Å². The van der Waals surface area contributed by atoms with Crippen molar-refractivity contribution in [3.63, 3.8) is 0 Å². The molecule has 14 heavy (non-hydrogen) atoms. The highest BCUT2D eigenvalue weighted by atomic mass is 16.5. The van der Waals surface area contributed by atoms with E-state index < -0.39 is 0 Å². The summed E-state index contributed by atoms with van der Waals surface area (Å²) in [5, 5.41) is 3.42. The van der Waals surface area contributed by atoms with Crippen LogP contribution >= 0.6 is 0 Å². The molecule has 0 radical (unpaired) electrons. The van der Waals surface area contributed by atoms with Crippen LogP contribution in [0.3, 0.4) is 0 Å². The Labute approximate surface area is 87.8 Å². The van der Waals surface area contributed by atoms with Gasteiger partial charge in [0.15, 0.2) is 0 Å². The van der Waals surface area contributed by atoms with Crippen LogP contribution in [-0.2, 0) is 4.74 Å². The first-order valence-electron chi connectivity index (χ1n) is 5.76. The van der Waals surface area contributed by atoms with E-state index in [9.17, 15) is 0 Å². The quantitative estimate of drug-likeness (QED) is 0.695. The van der Waals surface area contributed by atoms with E-state index in [2.05, 4.69) is 31.1 Å². The zero-order valence-electron chi connectivity index (χ0n) is 9.75. The van der Waals surface area contributed by atoms with Crippen LogP contribution in [0.1, 0.15) is 26.7 Å². The largest absolute Gasteiger partial charge is 0.377 e. The van der Waals surface area contributed by atoms with Crippen molar-refractivity contribution >= 4 is 0 Å². The van der Waals surface area contributed by atoms with Gasteiger partial charge in [0.05, 0.1) is 6.10 Å². The van der Waals surface area contributed by atoms with Gasteiger partial charge in [-0.3, -0.25) is 0 Å². The van der Waals surface area contributed by atoms with Crippen LogP contribution in [0.5, 0.6) is 0 Å². The third-order valence-corrected chi connectivity index (χ3v) is 2.68. The molecule has 2 atom stereocenters. The molecule has 1 saturated heterocycles. The highest BCUT2D eigenvalue weighted by Crippen LogP contribution is 2.12. The minimum Gasteiger partial charge on any atom is -0.377 e. The zero-order chi connectivity index (χ0) is 10.4. The summed E-state index contributed by atoms with van der Waals surface area (Å²) >= 11 is 0. The predicted octanol–water partition coefficient (Wildman–Crippen LogP) is 1.10. The second-order valence-corrected chi connectivity index (χ2v) is 4.31. The third kappa shape index (κ3) is 4.40. The summed E-state index contributed by atoms with van der Waals surface area (Å²) in [6.07, 6.45) is 2.95. The molecule has 0 amide bonds. The van der Waals surface area contributed by atoms with Crippen molar-refractivity contribution in [1.82, 2.24) is 10.2 Å². The molecule has 0 saturated carbocycles. The molecule has 84 valence electrons. The average Bonchev–Trinajstić information content (AvgIpc) is 2.56. The molecule has 1 heterocycles. The van der Waals surface area contributed by atoms with E-state index in [-0.39, 0.29) is 0 Å². The van der Waals surface area contributed by atoms with Crippen LogP contribution in [0.15, 0.2) is 0 Å². The molecule has 1 rings (SSSR count). The van der Waals surface area contributed by atoms with Crippen LogP contribution in [0.4, 0.5) is 0 Å². The molecule has 0 aromatic rings. The van der Waals surface area contributed by atoms with Crippen molar-refractivity contribution < 1.29 is 4.74 Å². The van der Waals surface area contributed by atoms with Crippen molar-refractivity contribution in [3.05, 3.63) is 0 Å². The second kappa shape index (κ2) is 6.38. The molecule has 0 aliphatic carbocycles. The SMILES string of the molecule is CCNC(C)CN(C)CC1CCCO1. The highest BCUT2D eigenvalue weighted by molar-refractivity contribution is 4.71. The molecule has 0 aromatic carbocycles. The van der Waals surface area contributed by atoms with Gasteiger partial charge in [-0.25, -0.2) is 0 Å². The topological polar surface area (TPSA) is 24.5 Å². The Morgan fingerprint density at radius 1 is 1.57 bits per heavy atom. The molecule has 3 nitrogen and oxygen atoms in total. The van der Waals surface area contributed by atoms with Gasteiger partial charge in [0.2, 0.25) is 0 Å². The summed E-state index contributed by atoms with van der Waals surface area (Å²) in [4.78, 5) is 2.36. The molecule has 0 aromatic heterocycles. The van der Waals surface area contributed by atoms with Gasteiger partial charge in [0, 0.05) is 25.7 Å². The third-order valence-electron chi connectivity index (χ3n) is 2.68. The molecule has 1 N–H and O–H groups in total. The Kier molecular flexibility index (Phi) is 5.45. The summed E-state index contributed by atoms with van der Waals surface area (Å²) < 4.78 is 5.60.